The molecule has 1 aromatic carbocycles. The van der Waals surface area contributed by atoms with Crippen LogP contribution in [0.25, 0.3) is 0 Å². The number of primary sulfonamides is 1. The summed E-state index contributed by atoms with van der Waals surface area (Å²) in [7, 11) is -10.9. The summed E-state index contributed by atoms with van der Waals surface area (Å²) in [6.07, 6.45) is 0.398. The summed E-state index contributed by atoms with van der Waals surface area (Å²) in [5.41, 5.74) is -6.06. The largest absolute Gasteiger partial charge is 0.501 e. The maximum absolute atomic E-state index is 13.3. The zero-order chi connectivity index (χ0) is 21.3. The average molecular weight is 451 g/mol. The highest BCUT2D eigenvalue weighted by atomic mass is 32.2. The molecular weight excluding hydrogens is 433 g/mol. The van der Waals surface area contributed by atoms with E-state index in [0.717, 1.165) is 11.0 Å². The zero-order valence-electron chi connectivity index (χ0n) is 14.3. The van der Waals surface area contributed by atoms with E-state index >= 15 is 0 Å². The van der Waals surface area contributed by atoms with Crippen LogP contribution in [0.15, 0.2) is 28.0 Å². The lowest BCUT2D eigenvalue weighted by atomic mass is 10.1. The number of sulfone groups is 1. The lowest BCUT2D eigenvalue weighted by Crippen LogP contribution is -2.47. The molecule has 1 aliphatic rings. The topological polar surface area (TPSA) is 110 Å². The lowest BCUT2D eigenvalue weighted by Gasteiger charge is -2.36. The van der Waals surface area contributed by atoms with E-state index in [-0.39, 0.29) is 12.2 Å². The highest BCUT2D eigenvalue weighted by Gasteiger charge is 2.49. The number of sulfonamides is 1. The predicted octanol–water partition coefficient (Wildman–Crippen LogP) is 1.10. The summed E-state index contributed by atoms with van der Waals surface area (Å²) < 4.78 is 113. The molecular formula is C14H18F5N3O4S2. The first-order valence-electron chi connectivity index (χ1n) is 7.93. The summed E-state index contributed by atoms with van der Waals surface area (Å²) in [6.45, 7) is -1.64. The number of nitrogens with one attached hydrogen (secondary N) is 1. The normalized spacial score (nSPS) is 18.6. The van der Waals surface area contributed by atoms with Gasteiger partial charge in [0.05, 0.1) is 10.9 Å². The van der Waals surface area contributed by atoms with E-state index in [4.69, 9.17) is 5.14 Å². The number of nitrogens with two attached hydrogens (primary N) is 1. The standard InChI is InChI=1S/C14H18F5N3O4S2/c15-6-11(7-16)22(10-3-4-21-8-10)9-1-2-12(28(20,25)26)13(5-9)27(23,24)14(17,18)19/h1-2,5,10-11,21H,3-4,6-8H2,(H2,20,25,26)/t10-/m1/s1. The molecule has 7 nitrogen and oxygen atoms in total. The smallest absolute Gasteiger partial charge is 0.359 e. The van der Waals surface area contributed by atoms with Gasteiger partial charge in [-0.25, -0.2) is 30.8 Å². The number of anilines is 1. The quantitative estimate of drug-likeness (QED) is 0.601. The molecule has 1 aliphatic heterocycles. The van der Waals surface area contributed by atoms with Crippen LogP contribution in [0.1, 0.15) is 6.42 Å². The molecule has 160 valence electrons. The molecule has 14 heteroatoms. The second-order valence-electron chi connectivity index (χ2n) is 6.14. The third-order valence-corrected chi connectivity index (χ3v) is 6.93. The van der Waals surface area contributed by atoms with Gasteiger partial charge in [-0.2, -0.15) is 13.2 Å². The van der Waals surface area contributed by atoms with Gasteiger partial charge in [-0.05, 0) is 31.2 Å². The highest BCUT2D eigenvalue weighted by Crippen LogP contribution is 2.37. The van der Waals surface area contributed by atoms with Gasteiger partial charge >= 0.3 is 5.51 Å². The summed E-state index contributed by atoms with van der Waals surface area (Å²) in [5, 5.41) is 7.78. The fraction of sp³-hybridized carbons (Fsp3) is 0.571. The Hall–Kier alpha value is -1.51. The molecule has 2 rings (SSSR count). The number of benzene rings is 1. The monoisotopic (exact) mass is 451 g/mol. The first kappa shape index (κ1) is 22.8. The van der Waals surface area contributed by atoms with Crippen LogP contribution in [0.4, 0.5) is 27.6 Å². The van der Waals surface area contributed by atoms with Gasteiger partial charge in [0.15, 0.2) is 0 Å². The van der Waals surface area contributed by atoms with Crippen molar-refractivity contribution in [3.8, 4) is 0 Å². The Morgan fingerprint density at radius 2 is 1.75 bits per heavy atom. The predicted molar refractivity (Wildman–Crippen MR) is 90.5 cm³/mol. The molecule has 0 unspecified atom stereocenters. The van der Waals surface area contributed by atoms with E-state index in [9.17, 15) is 38.8 Å². The van der Waals surface area contributed by atoms with Gasteiger partial charge in [-0.3, -0.25) is 0 Å². The number of nitrogens with zero attached hydrogens (tertiary/aromatic N) is 1. The Morgan fingerprint density at radius 1 is 1.14 bits per heavy atom. The summed E-state index contributed by atoms with van der Waals surface area (Å²) in [5.74, 6) is 0. The van der Waals surface area contributed by atoms with Crippen molar-refractivity contribution in [1.29, 1.82) is 0 Å². The number of hydrogen-bond donors (Lipinski definition) is 2. The second-order valence-corrected chi connectivity index (χ2v) is 9.58. The van der Waals surface area contributed by atoms with Crippen molar-refractivity contribution in [3.05, 3.63) is 18.2 Å². The third kappa shape index (κ3) is 4.39. The van der Waals surface area contributed by atoms with E-state index in [1.165, 1.54) is 0 Å². The van der Waals surface area contributed by atoms with E-state index < -0.39 is 60.6 Å². The van der Waals surface area contributed by atoms with Crippen molar-refractivity contribution >= 4 is 25.5 Å². The van der Waals surface area contributed by atoms with Crippen LogP contribution in [0, 0.1) is 0 Å². The van der Waals surface area contributed by atoms with Crippen molar-refractivity contribution in [2.24, 2.45) is 5.14 Å². The zero-order valence-corrected chi connectivity index (χ0v) is 15.9. The minimum Gasteiger partial charge on any atom is -0.359 e. The Balaban J connectivity index is 2.73. The second kappa shape index (κ2) is 8.08. The number of hydrogen-bond acceptors (Lipinski definition) is 6. The average Bonchev–Trinajstić information content (AvgIpc) is 3.11. The Bertz CT molecular complexity index is 909. The van der Waals surface area contributed by atoms with Crippen LogP contribution in [0.3, 0.4) is 0 Å². The molecule has 0 spiro atoms. The van der Waals surface area contributed by atoms with E-state index in [2.05, 4.69) is 5.32 Å². The molecule has 0 radical (unpaired) electrons. The first-order valence-corrected chi connectivity index (χ1v) is 11.0. The first-order chi connectivity index (χ1) is 12.8. The molecule has 1 heterocycles. The van der Waals surface area contributed by atoms with Gasteiger partial charge in [0, 0.05) is 18.3 Å². The van der Waals surface area contributed by atoms with Gasteiger partial charge < -0.3 is 10.2 Å². The molecule has 0 amide bonds. The summed E-state index contributed by atoms with van der Waals surface area (Å²) in [4.78, 5) is -1.72. The van der Waals surface area contributed by atoms with Crippen LogP contribution >= 0.6 is 0 Å². The molecule has 3 N–H and O–H groups in total. The van der Waals surface area contributed by atoms with Crippen molar-refractivity contribution in [2.75, 3.05) is 31.3 Å². The Labute approximate surface area is 158 Å². The van der Waals surface area contributed by atoms with Gasteiger partial charge in [-0.15, -0.1) is 0 Å². The van der Waals surface area contributed by atoms with Crippen LogP contribution in [0.2, 0.25) is 0 Å². The maximum Gasteiger partial charge on any atom is 0.501 e. The molecule has 0 saturated carbocycles. The summed E-state index contributed by atoms with van der Waals surface area (Å²) in [6, 6.07) is 0.0990. The molecule has 28 heavy (non-hydrogen) atoms. The fourth-order valence-corrected chi connectivity index (χ4v) is 5.15. The van der Waals surface area contributed by atoms with Crippen molar-refractivity contribution < 1.29 is 38.8 Å². The Morgan fingerprint density at radius 3 is 2.18 bits per heavy atom. The van der Waals surface area contributed by atoms with Crippen LogP contribution in [-0.4, -0.2) is 60.9 Å². The SMILES string of the molecule is NS(=O)(=O)c1ccc(N(C(CF)CF)[C@@H]2CCNC2)cc1S(=O)(=O)C(F)(F)F. The van der Waals surface area contributed by atoms with Crippen molar-refractivity contribution in [1.82, 2.24) is 5.32 Å². The van der Waals surface area contributed by atoms with Gasteiger partial charge in [-0.1, -0.05) is 0 Å². The molecule has 1 atom stereocenters. The van der Waals surface area contributed by atoms with E-state index in [1.54, 1.807) is 0 Å². The minimum absolute atomic E-state index is 0.259. The molecule has 1 saturated heterocycles. The Kier molecular flexibility index (Phi) is 6.57. The molecule has 1 fully saturated rings. The fourth-order valence-electron chi connectivity index (χ4n) is 3.01. The number of rotatable bonds is 7. The number of alkyl halides is 5. The third-order valence-electron chi connectivity index (χ3n) is 4.30. The van der Waals surface area contributed by atoms with Crippen LogP contribution in [0.5, 0.6) is 0 Å². The van der Waals surface area contributed by atoms with Gasteiger partial charge in [0.25, 0.3) is 9.84 Å². The van der Waals surface area contributed by atoms with Crippen LogP contribution < -0.4 is 15.4 Å². The van der Waals surface area contributed by atoms with Crippen molar-refractivity contribution in [3.63, 3.8) is 0 Å². The minimum atomic E-state index is -6.10. The van der Waals surface area contributed by atoms with Gasteiger partial charge in [0.1, 0.15) is 18.2 Å². The number of halogens is 5. The van der Waals surface area contributed by atoms with E-state index in [0.29, 0.717) is 25.1 Å². The lowest BCUT2D eigenvalue weighted by molar-refractivity contribution is -0.0437. The van der Waals surface area contributed by atoms with Crippen LogP contribution in [-0.2, 0) is 19.9 Å². The molecule has 1 aromatic rings. The molecule has 0 aliphatic carbocycles. The summed E-state index contributed by atoms with van der Waals surface area (Å²) >= 11 is 0. The van der Waals surface area contributed by atoms with Gasteiger partial charge in [0.2, 0.25) is 10.0 Å². The highest BCUT2D eigenvalue weighted by molar-refractivity contribution is 7.94. The van der Waals surface area contributed by atoms with Crippen molar-refractivity contribution in [2.45, 2.75) is 33.8 Å². The van der Waals surface area contributed by atoms with E-state index in [1.807, 2.05) is 0 Å². The molecule has 0 bridgehead atoms. The molecule has 0 aromatic heterocycles. The maximum atomic E-state index is 13.3.